The molecule has 0 aliphatic rings. The first-order chi connectivity index (χ1) is 13.2. The Labute approximate surface area is 156 Å². The molecule has 0 atom stereocenters. The summed E-state index contributed by atoms with van der Waals surface area (Å²) in [6.45, 7) is 0. The van der Waals surface area contributed by atoms with Crippen molar-refractivity contribution in [1.29, 1.82) is 0 Å². The molecule has 0 aliphatic heterocycles. The fourth-order valence-electron chi connectivity index (χ4n) is 3.72. The maximum absolute atomic E-state index is 6.23. The molecule has 27 heavy (non-hydrogen) atoms. The van der Waals surface area contributed by atoms with Crippen molar-refractivity contribution in [2.45, 2.75) is 6.42 Å². The van der Waals surface area contributed by atoms with Crippen LogP contribution in [0, 0.1) is 0 Å². The number of para-hydroxylation sites is 2. The molecule has 0 radical (unpaired) electrons. The molecule has 3 aromatic heterocycles. The molecule has 0 saturated carbocycles. The molecule has 132 valence electrons. The van der Waals surface area contributed by atoms with Crippen LogP contribution in [0.5, 0.6) is 5.75 Å². The molecule has 3 heterocycles. The van der Waals surface area contributed by atoms with Crippen LogP contribution in [0.3, 0.4) is 0 Å². The van der Waals surface area contributed by atoms with Crippen molar-refractivity contribution in [1.82, 2.24) is 14.4 Å². The van der Waals surface area contributed by atoms with E-state index in [9.17, 15) is 0 Å². The lowest BCUT2D eigenvalue weighted by Crippen LogP contribution is -2.01. The van der Waals surface area contributed by atoms with E-state index in [1.807, 2.05) is 34.9 Å². The lowest BCUT2D eigenvalue weighted by atomic mass is 10.0. The summed E-state index contributed by atoms with van der Waals surface area (Å²) in [7, 11) is 1.65. The summed E-state index contributed by atoms with van der Waals surface area (Å²) in [5, 5.41) is 2.17. The fourth-order valence-corrected chi connectivity index (χ4v) is 3.72. The molecule has 2 aromatic carbocycles. The monoisotopic (exact) mass is 354 g/mol. The highest BCUT2D eigenvalue weighted by molar-refractivity contribution is 5.98. The number of pyridine rings is 1. The van der Waals surface area contributed by atoms with Crippen molar-refractivity contribution >= 4 is 33.3 Å². The normalized spacial score (nSPS) is 11.4. The van der Waals surface area contributed by atoms with Gasteiger partial charge in [-0.3, -0.25) is 9.38 Å². The molecule has 2 N–H and O–H groups in total. The first-order valence-corrected chi connectivity index (χ1v) is 8.80. The van der Waals surface area contributed by atoms with Gasteiger partial charge in [0, 0.05) is 29.6 Å². The van der Waals surface area contributed by atoms with Crippen LogP contribution in [0.4, 0.5) is 5.95 Å². The molecule has 5 heteroatoms. The molecule has 5 nitrogen and oxygen atoms in total. The number of hydrogen-bond acceptors (Lipinski definition) is 4. The lowest BCUT2D eigenvalue weighted by Gasteiger charge is -2.08. The minimum atomic E-state index is 0.448. The average molecular weight is 354 g/mol. The molecular formula is C22H18N4O. The van der Waals surface area contributed by atoms with Crippen LogP contribution in [0.25, 0.3) is 27.3 Å². The number of fused-ring (bicyclic) bond motifs is 4. The highest BCUT2D eigenvalue weighted by atomic mass is 16.5. The number of aromatic nitrogens is 3. The number of methoxy groups -OCH3 is 1. The highest BCUT2D eigenvalue weighted by Gasteiger charge is 2.12. The van der Waals surface area contributed by atoms with Gasteiger partial charge in [0.05, 0.1) is 18.1 Å². The molecule has 0 fully saturated rings. The van der Waals surface area contributed by atoms with E-state index in [0.717, 1.165) is 45.1 Å². The van der Waals surface area contributed by atoms with Crippen LogP contribution in [0.1, 0.15) is 11.1 Å². The van der Waals surface area contributed by atoms with Gasteiger partial charge in [-0.05, 0) is 29.3 Å². The van der Waals surface area contributed by atoms with E-state index in [2.05, 4.69) is 46.5 Å². The number of anilines is 1. The summed E-state index contributed by atoms with van der Waals surface area (Å²) < 4.78 is 7.39. The van der Waals surface area contributed by atoms with Gasteiger partial charge in [0.15, 0.2) is 0 Å². The summed E-state index contributed by atoms with van der Waals surface area (Å²) in [5.41, 5.74) is 11.4. The summed E-state index contributed by atoms with van der Waals surface area (Å²) in [6, 6.07) is 18.4. The topological polar surface area (TPSA) is 65.4 Å². The smallest absolute Gasteiger partial charge is 0.205 e. The average Bonchev–Trinajstić information content (AvgIpc) is 3.13. The van der Waals surface area contributed by atoms with Gasteiger partial charge in [0.2, 0.25) is 5.95 Å². The Morgan fingerprint density at radius 2 is 1.89 bits per heavy atom. The number of ether oxygens (including phenoxy) is 1. The third-order valence-corrected chi connectivity index (χ3v) is 4.96. The third-order valence-electron chi connectivity index (χ3n) is 4.96. The maximum atomic E-state index is 6.23. The molecule has 0 aliphatic carbocycles. The van der Waals surface area contributed by atoms with E-state index >= 15 is 0 Å². The zero-order chi connectivity index (χ0) is 18.4. The lowest BCUT2D eigenvalue weighted by molar-refractivity contribution is 0.419. The van der Waals surface area contributed by atoms with Crippen LogP contribution in [0.15, 0.2) is 67.0 Å². The fraction of sp³-hybridized carbons (Fsp3) is 0.0909. The second-order valence-corrected chi connectivity index (χ2v) is 6.60. The van der Waals surface area contributed by atoms with Gasteiger partial charge in [-0.15, -0.1) is 0 Å². The molecule has 0 unspecified atom stereocenters. The van der Waals surface area contributed by atoms with Crippen molar-refractivity contribution in [2.24, 2.45) is 0 Å². The van der Waals surface area contributed by atoms with Crippen LogP contribution in [-0.2, 0) is 6.42 Å². The Kier molecular flexibility index (Phi) is 3.47. The number of nitrogens with zero attached hydrogens (tertiary/aromatic N) is 3. The molecule has 0 bridgehead atoms. The minimum absolute atomic E-state index is 0.448. The summed E-state index contributed by atoms with van der Waals surface area (Å²) in [4.78, 5) is 9.11. The zero-order valence-electron chi connectivity index (χ0n) is 14.9. The minimum Gasteiger partial charge on any atom is -0.494 e. The molecular weight excluding hydrogens is 336 g/mol. The van der Waals surface area contributed by atoms with Gasteiger partial charge in [0.25, 0.3) is 0 Å². The predicted molar refractivity (Wildman–Crippen MR) is 108 cm³/mol. The summed E-state index contributed by atoms with van der Waals surface area (Å²) in [6.07, 6.45) is 4.67. The number of rotatable bonds is 3. The standard InChI is InChI=1S/C22H18N4O/c1-27-19-9-3-8-17-18-12-14(13-26(18)22(23)25-21(17)19)11-16-6-2-5-15-7-4-10-24-20(15)16/h2-10,12-13H,11H2,1H3,(H2,23,25). The van der Waals surface area contributed by atoms with E-state index in [1.54, 1.807) is 7.11 Å². The quantitative estimate of drug-likeness (QED) is 0.527. The van der Waals surface area contributed by atoms with Crippen molar-refractivity contribution in [3.05, 3.63) is 78.1 Å². The van der Waals surface area contributed by atoms with Crippen LogP contribution in [-0.4, -0.2) is 21.5 Å². The van der Waals surface area contributed by atoms with Gasteiger partial charge < -0.3 is 10.5 Å². The van der Waals surface area contributed by atoms with Crippen molar-refractivity contribution in [3.63, 3.8) is 0 Å². The van der Waals surface area contributed by atoms with E-state index < -0.39 is 0 Å². The largest absolute Gasteiger partial charge is 0.494 e. The molecule has 0 saturated heterocycles. The highest BCUT2D eigenvalue weighted by Crippen LogP contribution is 2.30. The molecule has 5 aromatic rings. The molecule has 0 amide bonds. The first kappa shape index (κ1) is 15.6. The van der Waals surface area contributed by atoms with Crippen molar-refractivity contribution < 1.29 is 4.74 Å². The molecule has 0 spiro atoms. The van der Waals surface area contributed by atoms with Gasteiger partial charge in [-0.25, -0.2) is 4.98 Å². The van der Waals surface area contributed by atoms with Crippen molar-refractivity contribution in [3.8, 4) is 5.75 Å². The van der Waals surface area contributed by atoms with Crippen LogP contribution in [0.2, 0.25) is 0 Å². The van der Waals surface area contributed by atoms with Crippen molar-refractivity contribution in [2.75, 3.05) is 12.8 Å². The van der Waals surface area contributed by atoms with Crippen LogP contribution >= 0.6 is 0 Å². The number of nitrogens with two attached hydrogens (primary N) is 1. The second-order valence-electron chi connectivity index (χ2n) is 6.60. The number of nitrogen functional groups attached to an aromatic ring is 1. The number of benzene rings is 2. The Hall–Kier alpha value is -3.60. The third kappa shape index (κ3) is 2.47. The Balaban J connectivity index is 1.68. The predicted octanol–water partition coefficient (Wildman–Crippen LogP) is 4.22. The van der Waals surface area contributed by atoms with E-state index in [0.29, 0.717) is 5.95 Å². The number of hydrogen-bond donors (Lipinski definition) is 1. The SMILES string of the molecule is COc1cccc2c1nc(N)n1cc(Cc3cccc4cccnc34)cc21. The Bertz CT molecular complexity index is 1300. The van der Waals surface area contributed by atoms with Gasteiger partial charge in [-0.2, -0.15) is 0 Å². The van der Waals surface area contributed by atoms with E-state index in [1.165, 1.54) is 5.56 Å². The Morgan fingerprint density at radius 1 is 1.04 bits per heavy atom. The van der Waals surface area contributed by atoms with E-state index in [4.69, 9.17) is 10.5 Å². The Morgan fingerprint density at radius 3 is 2.78 bits per heavy atom. The zero-order valence-corrected chi connectivity index (χ0v) is 14.9. The van der Waals surface area contributed by atoms with Gasteiger partial charge in [-0.1, -0.05) is 36.4 Å². The summed E-state index contributed by atoms with van der Waals surface area (Å²) in [5.74, 6) is 1.17. The van der Waals surface area contributed by atoms with Gasteiger partial charge in [0.1, 0.15) is 11.3 Å². The maximum Gasteiger partial charge on any atom is 0.205 e. The van der Waals surface area contributed by atoms with Crippen LogP contribution < -0.4 is 10.5 Å². The molecule has 5 rings (SSSR count). The first-order valence-electron chi connectivity index (χ1n) is 8.80. The summed E-state index contributed by atoms with van der Waals surface area (Å²) >= 11 is 0. The van der Waals surface area contributed by atoms with Gasteiger partial charge >= 0.3 is 0 Å². The van der Waals surface area contributed by atoms with E-state index in [-0.39, 0.29) is 0 Å². The second kappa shape index (κ2) is 5.99.